The van der Waals surface area contributed by atoms with E-state index in [1.54, 1.807) is 0 Å². The van der Waals surface area contributed by atoms with Crippen LogP contribution in [0.15, 0.2) is 44.2 Å². The second kappa shape index (κ2) is 5.40. The number of hydrogen-bond acceptors (Lipinski definition) is 5. The minimum absolute atomic E-state index is 0.194. The molecule has 0 spiro atoms. The van der Waals surface area contributed by atoms with Gasteiger partial charge < -0.3 is 4.74 Å². The molecule has 0 saturated heterocycles. The fourth-order valence-electron chi connectivity index (χ4n) is 1.92. The van der Waals surface area contributed by atoms with Gasteiger partial charge in [0, 0.05) is 0 Å². The summed E-state index contributed by atoms with van der Waals surface area (Å²) in [5, 5.41) is 0. The van der Waals surface area contributed by atoms with Crippen molar-refractivity contribution in [2.45, 2.75) is 13.8 Å². The molecule has 0 atom stereocenters. The second-order valence-electron chi connectivity index (χ2n) is 5.10. The van der Waals surface area contributed by atoms with E-state index in [0.29, 0.717) is 35.5 Å². The van der Waals surface area contributed by atoms with Gasteiger partial charge in [-0.1, -0.05) is 26.0 Å². The van der Waals surface area contributed by atoms with E-state index in [2.05, 4.69) is 33.8 Å². The lowest BCUT2D eigenvalue weighted by Crippen LogP contribution is -2.26. The molecule has 2 aliphatic rings. The van der Waals surface area contributed by atoms with Gasteiger partial charge in [0.1, 0.15) is 12.1 Å². The van der Waals surface area contributed by atoms with Crippen LogP contribution in [0.5, 0.6) is 5.75 Å². The highest BCUT2D eigenvalue weighted by Gasteiger charge is 2.27. The summed E-state index contributed by atoms with van der Waals surface area (Å²) in [5.41, 5.74) is 0.875. The molecule has 21 heavy (non-hydrogen) atoms. The number of carbonyl (C=O) groups is 1. The van der Waals surface area contributed by atoms with Crippen molar-refractivity contribution in [1.82, 2.24) is 0 Å². The summed E-state index contributed by atoms with van der Waals surface area (Å²) in [5.74, 6) is 1.25. The number of rotatable bonds is 4. The molecular weight excluding hydrogens is 268 g/mol. The van der Waals surface area contributed by atoms with Crippen molar-refractivity contribution in [3.05, 3.63) is 29.8 Å². The smallest absolute Gasteiger partial charge is 0.301 e. The number of para-hydroxylation sites is 1. The summed E-state index contributed by atoms with van der Waals surface area (Å²) in [4.78, 5) is 28.0. The van der Waals surface area contributed by atoms with Crippen LogP contribution in [-0.2, 0) is 4.79 Å². The Hall–Kier alpha value is -2.63. The Morgan fingerprint density at radius 1 is 1.14 bits per heavy atom. The largest absolute Gasteiger partial charge is 0.493 e. The normalized spacial score (nSPS) is 16.5. The van der Waals surface area contributed by atoms with Gasteiger partial charge in [-0.3, -0.25) is 4.79 Å². The Morgan fingerprint density at radius 2 is 1.95 bits per heavy atom. The number of ether oxygens (including phenoxy) is 1. The van der Waals surface area contributed by atoms with Crippen LogP contribution in [0.3, 0.4) is 0 Å². The molecule has 1 aromatic rings. The number of fused-ring (bicyclic) bond motifs is 1. The minimum atomic E-state index is -0.425. The predicted molar refractivity (Wildman–Crippen MR) is 81.7 cm³/mol. The van der Waals surface area contributed by atoms with E-state index in [1.807, 2.05) is 24.3 Å². The third-order valence-corrected chi connectivity index (χ3v) is 2.90. The SMILES string of the molecule is CC(C)COc1ccccc1C1=NC(=O)C2=NC=NC2=N1. The zero-order valence-corrected chi connectivity index (χ0v) is 11.8. The van der Waals surface area contributed by atoms with E-state index in [4.69, 9.17) is 4.74 Å². The second-order valence-corrected chi connectivity index (χ2v) is 5.10. The van der Waals surface area contributed by atoms with Gasteiger partial charge in [-0.15, -0.1) is 0 Å². The minimum Gasteiger partial charge on any atom is -0.493 e. The topological polar surface area (TPSA) is 75.7 Å². The van der Waals surface area contributed by atoms with Crippen molar-refractivity contribution in [3.8, 4) is 5.75 Å². The number of amides is 1. The Labute approximate surface area is 122 Å². The lowest BCUT2D eigenvalue weighted by molar-refractivity contribution is -0.111. The molecule has 2 aliphatic heterocycles. The lowest BCUT2D eigenvalue weighted by Gasteiger charge is -2.14. The maximum atomic E-state index is 11.9. The van der Waals surface area contributed by atoms with Gasteiger partial charge >= 0.3 is 5.91 Å². The summed E-state index contributed by atoms with van der Waals surface area (Å²) in [6.07, 6.45) is 1.31. The molecule has 0 saturated carbocycles. The van der Waals surface area contributed by atoms with Gasteiger partial charge in [0.2, 0.25) is 0 Å². The fraction of sp³-hybridized carbons (Fsp3) is 0.267. The molecule has 6 nitrogen and oxygen atoms in total. The first-order valence-corrected chi connectivity index (χ1v) is 6.70. The van der Waals surface area contributed by atoms with E-state index in [0.717, 1.165) is 0 Å². The number of carbonyl (C=O) groups excluding carboxylic acids is 1. The van der Waals surface area contributed by atoms with Crippen LogP contribution in [0, 0.1) is 5.92 Å². The number of aliphatic imine (C=N–C) groups is 4. The third kappa shape index (κ3) is 2.65. The van der Waals surface area contributed by atoms with Crippen LogP contribution >= 0.6 is 0 Å². The highest BCUT2D eigenvalue weighted by atomic mass is 16.5. The Balaban J connectivity index is 1.96. The summed E-state index contributed by atoms with van der Waals surface area (Å²) in [7, 11) is 0. The summed E-state index contributed by atoms with van der Waals surface area (Å²) in [6, 6.07) is 7.39. The molecular formula is C15H14N4O2. The molecule has 0 fully saturated rings. The third-order valence-electron chi connectivity index (χ3n) is 2.90. The number of amidine groups is 2. The van der Waals surface area contributed by atoms with Crippen LogP contribution in [0.4, 0.5) is 0 Å². The molecule has 3 rings (SSSR count). The Kier molecular flexibility index (Phi) is 3.43. The molecule has 2 heterocycles. The van der Waals surface area contributed by atoms with Crippen molar-refractivity contribution in [1.29, 1.82) is 0 Å². The van der Waals surface area contributed by atoms with Crippen LogP contribution < -0.4 is 4.74 Å². The summed E-state index contributed by atoms with van der Waals surface area (Å²) < 4.78 is 5.77. The van der Waals surface area contributed by atoms with Gasteiger partial charge in [-0.25, -0.2) is 15.0 Å². The fourth-order valence-corrected chi connectivity index (χ4v) is 1.92. The van der Waals surface area contributed by atoms with Crippen LogP contribution in [0.2, 0.25) is 0 Å². The van der Waals surface area contributed by atoms with Crippen LogP contribution in [0.1, 0.15) is 19.4 Å². The van der Waals surface area contributed by atoms with E-state index >= 15 is 0 Å². The molecule has 0 bridgehead atoms. The van der Waals surface area contributed by atoms with Gasteiger partial charge in [0.15, 0.2) is 17.4 Å². The predicted octanol–water partition coefficient (Wildman–Crippen LogP) is 1.89. The highest BCUT2D eigenvalue weighted by molar-refractivity contribution is 6.71. The molecule has 0 unspecified atom stereocenters. The van der Waals surface area contributed by atoms with Crippen molar-refractivity contribution in [2.24, 2.45) is 25.9 Å². The standard InChI is InChI=1S/C15H14N4O2/c1-9(2)7-21-11-6-4-3-5-10(11)13-18-14-12(15(20)19-13)16-8-17-14/h3-6,8-9H,7H2,1-2H3. The lowest BCUT2D eigenvalue weighted by atomic mass is 10.1. The zero-order valence-electron chi connectivity index (χ0n) is 11.8. The van der Waals surface area contributed by atoms with Crippen molar-refractivity contribution >= 4 is 29.6 Å². The monoisotopic (exact) mass is 282 g/mol. The quantitative estimate of drug-likeness (QED) is 0.845. The molecule has 1 amide bonds. The van der Waals surface area contributed by atoms with Gasteiger partial charge in [0.05, 0.1) is 12.2 Å². The van der Waals surface area contributed by atoms with E-state index in [9.17, 15) is 4.79 Å². The first-order valence-electron chi connectivity index (χ1n) is 6.70. The Morgan fingerprint density at radius 3 is 2.76 bits per heavy atom. The number of benzene rings is 1. The van der Waals surface area contributed by atoms with Gasteiger partial charge in [0.25, 0.3) is 0 Å². The first kappa shape index (κ1) is 13.4. The van der Waals surface area contributed by atoms with Crippen LogP contribution in [-0.4, -0.2) is 36.2 Å². The summed E-state index contributed by atoms with van der Waals surface area (Å²) >= 11 is 0. The molecule has 106 valence electrons. The van der Waals surface area contributed by atoms with Crippen molar-refractivity contribution in [3.63, 3.8) is 0 Å². The van der Waals surface area contributed by atoms with E-state index in [-0.39, 0.29) is 5.71 Å². The van der Waals surface area contributed by atoms with E-state index in [1.165, 1.54) is 6.34 Å². The average Bonchev–Trinajstić information content (AvgIpc) is 2.94. The molecule has 1 aromatic carbocycles. The molecule has 0 aliphatic carbocycles. The maximum Gasteiger partial charge on any atom is 0.301 e. The van der Waals surface area contributed by atoms with E-state index < -0.39 is 5.91 Å². The van der Waals surface area contributed by atoms with Crippen molar-refractivity contribution < 1.29 is 9.53 Å². The Bertz CT molecular complexity index is 714. The number of hydrogen-bond donors (Lipinski definition) is 0. The molecule has 6 heteroatoms. The molecule has 0 N–H and O–H groups in total. The molecule has 0 aromatic heterocycles. The zero-order chi connectivity index (χ0) is 14.8. The first-order chi connectivity index (χ1) is 10.1. The summed E-state index contributed by atoms with van der Waals surface area (Å²) in [6.45, 7) is 4.72. The average molecular weight is 282 g/mol. The number of nitrogens with zero attached hydrogens (tertiary/aromatic N) is 4. The van der Waals surface area contributed by atoms with Gasteiger partial charge in [-0.2, -0.15) is 4.99 Å². The highest BCUT2D eigenvalue weighted by Crippen LogP contribution is 2.22. The van der Waals surface area contributed by atoms with Gasteiger partial charge in [-0.05, 0) is 18.1 Å². The van der Waals surface area contributed by atoms with Crippen molar-refractivity contribution in [2.75, 3.05) is 6.61 Å². The van der Waals surface area contributed by atoms with Crippen LogP contribution in [0.25, 0.3) is 0 Å². The maximum absolute atomic E-state index is 11.9. The molecule has 0 radical (unpaired) electrons.